The first-order valence-corrected chi connectivity index (χ1v) is 6.41. The standard InChI is InChI=1S/C14H21NO4/c1-5-10(19-14(2,3)4)9-12(16)15-8-6-7-11(15)13(17)18/h1,10-11H,6-9H2,2-4H3,(H,17,18)/t10?,11-/m0/s1. The number of carbonyl (C=O) groups excluding carboxylic acids is 1. The Morgan fingerprint density at radius 2 is 2.16 bits per heavy atom. The van der Waals surface area contributed by atoms with Crippen LogP contribution in [-0.4, -0.2) is 46.2 Å². The molecule has 1 fully saturated rings. The number of nitrogens with zero attached hydrogens (tertiary/aromatic N) is 1. The smallest absolute Gasteiger partial charge is 0.326 e. The number of carboxylic acids is 1. The van der Waals surface area contributed by atoms with Crippen molar-refractivity contribution < 1.29 is 19.4 Å². The number of terminal acetylenes is 1. The van der Waals surface area contributed by atoms with Gasteiger partial charge >= 0.3 is 5.97 Å². The lowest BCUT2D eigenvalue weighted by Crippen LogP contribution is -2.42. The summed E-state index contributed by atoms with van der Waals surface area (Å²) in [6, 6.07) is -0.722. The Morgan fingerprint density at radius 3 is 2.63 bits per heavy atom. The van der Waals surface area contributed by atoms with Crippen LogP contribution in [-0.2, 0) is 14.3 Å². The van der Waals surface area contributed by atoms with Gasteiger partial charge in [0, 0.05) is 6.54 Å². The predicted octanol–water partition coefficient (Wildman–Crippen LogP) is 1.27. The number of amides is 1. The molecule has 0 saturated carbocycles. The molecule has 106 valence electrons. The van der Waals surface area contributed by atoms with Gasteiger partial charge in [0.25, 0.3) is 0 Å². The highest BCUT2D eigenvalue weighted by atomic mass is 16.5. The van der Waals surface area contributed by atoms with Gasteiger partial charge in [-0.1, -0.05) is 5.92 Å². The molecule has 0 bridgehead atoms. The fourth-order valence-electron chi connectivity index (χ4n) is 2.16. The Morgan fingerprint density at radius 1 is 1.53 bits per heavy atom. The molecule has 5 heteroatoms. The zero-order valence-corrected chi connectivity index (χ0v) is 11.7. The number of rotatable bonds is 4. The minimum atomic E-state index is -0.958. The van der Waals surface area contributed by atoms with Crippen LogP contribution in [0.25, 0.3) is 0 Å². The average Bonchev–Trinajstić information content (AvgIpc) is 2.74. The monoisotopic (exact) mass is 267 g/mol. The van der Waals surface area contributed by atoms with Crippen molar-refractivity contribution in [2.45, 2.75) is 57.8 Å². The maximum Gasteiger partial charge on any atom is 0.326 e. The highest BCUT2D eigenvalue weighted by Gasteiger charge is 2.35. The van der Waals surface area contributed by atoms with Gasteiger partial charge < -0.3 is 14.7 Å². The molecule has 1 unspecified atom stereocenters. The van der Waals surface area contributed by atoms with E-state index in [-0.39, 0.29) is 12.3 Å². The fourth-order valence-corrected chi connectivity index (χ4v) is 2.16. The average molecular weight is 267 g/mol. The van der Waals surface area contributed by atoms with Gasteiger partial charge in [-0.25, -0.2) is 4.79 Å². The quantitative estimate of drug-likeness (QED) is 0.779. The van der Waals surface area contributed by atoms with Crippen LogP contribution in [0.4, 0.5) is 0 Å². The van der Waals surface area contributed by atoms with Gasteiger partial charge in [0.05, 0.1) is 12.0 Å². The van der Waals surface area contributed by atoms with Crippen molar-refractivity contribution in [2.24, 2.45) is 0 Å². The van der Waals surface area contributed by atoms with Crippen molar-refractivity contribution in [2.75, 3.05) is 6.54 Å². The van der Waals surface area contributed by atoms with E-state index >= 15 is 0 Å². The number of carbonyl (C=O) groups is 2. The van der Waals surface area contributed by atoms with Gasteiger partial charge in [0.2, 0.25) is 5.91 Å². The summed E-state index contributed by atoms with van der Waals surface area (Å²) >= 11 is 0. The summed E-state index contributed by atoms with van der Waals surface area (Å²) in [5.74, 6) is 1.23. The first-order chi connectivity index (χ1) is 8.74. The summed E-state index contributed by atoms with van der Waals surface area (Å²) in [7, 11) is 0. The molecule has 1 aliphatic rings. The van der Waals surface area contributed by atoms with Crippen molar-refractivity contribution in [3.63, 3.8) is 0 Å². The zero-order valence-electron chi connectivity index (χ0n) is 11.7. The van der Waals surface area contributed by atoms with E-state index in [1.807, 2.05) is 20.8 Å². The first-order valence-electron chi connectivity index (χ1n) is 6.41. The molecule has 1 aliphatic heterocycles. The summed E-state index contributed by atoms with van der Waals surface area (Å²) in [5, 5.41) is 9.04. The lowest BCUT2D eigenvalue weighted by atomic mass is 10.1. The Hall–Kier alpha value is -1.54. The molecule has 1 heterocycles. The van der Waals surface area contributed by atoms with Crippen molar-refractivity contribution in [1.29, 1.82) is 0 Å². The highest BCUT2D eigenvalue weighted by Crippen LogP contribution is 2.20. The van der Waals surface area contributed by atoms with Gasteiger partial charge in [0.1, 0.15) is 12.1 Å². The van der Waals surface area contributed by atoms with Crippen LogP contribution >= 0.6 is 0 Å². The number of hydrogen-bond donors (Lipinski definition) is 1. The summed E-state index contributed by atoms with van der Waals surface area (Å²) in [4.78, 5) is 24.5. The Labute approximate surface area is 113 Å². The molecule has 0 spiro atoms. The van der Waals surface area contributed by atoms with Gasteiger partial charge in [-0.15, -0.1) is 6.42 Å². The van der Waals surface area contributed by atoms with Gasteiger partial charge in [-0.3, -0.25) is 4.79 Å². The Bertz CT molecular complexity index is 391. The third kappa shape index (κ3) is 4.56. The van der Waals surface area contributed by atoms with Crippen LogP contribution in [0.1, 0.15) is 40.0 Å². The summed E-state index contributed by atoms with van der Waals surface area (Å²) in [5.41, 5.74) is -0.436. The molecular weight excluding hydrogens is 246 g/mol. The van der Waals surface area contributed by atoms with Crippen molar-refractivity contribution >= 4 is 11.9 Å². The molecule has 1 amide bonds. The molecule has 1 rings (SSSR count). The maximum absolute atomic E-state index is 12.1. The Kier molecular flexibility index (Phi) is 4.96. The second kappa shape index (κ2) is 6.07. The molecular formula is C14H21NO4. The molecule has 0 radical (unpaired) electrons. The van der Waals surface area contributed by atoms with E-state index < -0.39 is 23.7 Å². The molecule has 0 aliphatic carbocycles. The SMILES string of the molecule is C#CC(CC(=O)N1CCC[C@H]1C(=O)O)OC(C)(C)C. The minimum absolute atomic E-state index is 0.0253. The van der Waals surface area contributed by atoms with Gasteiger partial charge in [0.15, 0.2) is 0 Å². The summed E-state index contributed by atoms with van der Waals surface area (Å²) in [6.07, 6.45) is 5.98. The maximum atomic E-state index is 12.1. The van der Waals surface area contributed by atoms with Crippen molar-refractivity contribution in [1.82, 2.24) is 4.90 Å². The van der Waals surface area contributed by atoms with E-state index in [4.69, 9.17) is 16.3 Å². The van der Waals surface area contributed by atoms with Gasteiger partial charge in [-0.2, -0.15) is 0 Å². The number of carboxylic acid groups (broad SMARTS) is 1. The third-order valence-corrected chi connectivity index (χ3v) is 2.90. The third-order valence-electron chi connectivity index (χ3n) is 2.90. The zero-order chi connectivity index (χ0) is 14.6. The van der Waals surface area contributed by atoms with Crippen LogP contribution in [0.5, 0.6) is 0 Å². The van der Waals surface area contributed by atoms with Crippen LogP contribution in [0, 0.1) is 12.3 Å². The van der Waals surface area contributed by atoms with E-state index in [1.54, 1.807) is 0 Å². The number of aliphatic carboxylic acids is 1. The molecule has 19 heavy (non-hydrogen) atoms. The van der Waals surface area contributed by atoms with Crippen LogP contribution in [0.2, 0.25) is 0 Å². The fraction of sp³-hybridized carbons (Fsp3) is 0.714. The molecule has 1 N–H and O–H groups in total. The van der Waals surface area contributed by atoms with Crippen LogP contribution in [0.3, 0.4) is 0 Å². The van der Waals surface area contributed by atoms with E-state index in [1.165, 1.54) is 4.90 Å². The van der Waals surface area contributed by atoms with E-state index in [0.29, 0.717) is 19.4 Å². The van der Waals surface area contributed by atoms with E-state index in [2.05, 4.69) is 5.92 Å². The second-order valence-electron chi connectivity index (χ2n) is 5.67. The Balaban J connectivity index is 2.63. The first kappa shape index (κ1) is 15.5. The minimum Gasteiger partial charge on any atom is -0.480 e. The normalized spacial score (nSPS) is 20.9. The van der Waals surface area contributed by atoms with E-state index in [9.17, 15) is 9.59 Å². The molecule has 5 nitrogen and oxygen atoms in total. The number of likely N-dealkylation sites (tertiary alicyclic amines) is 1. The summed E-state index contributed by atoms with van der Waals surface area (Å²) in [6.45, 7) is 6.05. The molecule has 0 aromatic heterocycles. The molecule has 0 aromatic rings. The second-order valence-corrected chi connectivity index (χ2v) is 5.67. The van der Waals surface area contributed by atoms with Crippen LogP contribution < -0.4 is 0 Å². The van der Waals surface area contributed by atoms with Crippen molar-refractivity contribution in [3.05, 3.63) is 0 Å². The van der Waals surface area contributed by atoms with E-state index in [0.717, 1.165) is 0 Å². The lowest BCUT2D eigenvalue weighted by molar-refractivity contribution is -0.149. The number of hydrogen-bond acceptors (Lipinski definition) is 3. The summed E-state index contributed by atoms with van der Waals surface area (Å²) < 4.78 is 5.58. The van der Waals surface area contributed by atoms with Crippen molar-refractivity contribution in [3.8, 4) is 12.3 Å². The molecule has 2 atom stereocenters. The topological polar surface area (TPSA) is 66.8 Å². The highest BCUT2D eigenvalue weighted by molar-refractivity contribution is 5.84. The lowest BCUT2D eigenvalue weighted by Gasteiger charge is -2.27. The number of ether oxygens (including phenoxy) is 1. The van der Waals surface area contributed by atoms with Crippen LogP contribution in [0.15, 0.2) is 0 Å². The largest absolute Gasteiger partial charge is 0.480 e. The molecule has 0 aromatic carbocycles. The molecule has 1 saturated heterocycles. The van der Waals surface area contributed by atoms with Gasteiger partial charge in [-0.05, 0) is 33.6 Å². The predicted molar refractivity (Wildman–Crippen MR) is 70.4 cm³/mol.